The molecule has 0 fully saturated rings. The Bertz CT molecular complexity index is 1270. The number of allylic oxidation sites excluding steroid dienone is 1. The minimum absolute atomic E-state index is 0.180. The molecule has 0 radical (unpaired) electrons. The summed E-state index contributed by atoms with van der Waals surface area (Å²) in [6.07, 6.45) is 6.58. The summed E-state index contributed by atoms with van der Waals surface area (Å²) in [6.45, 7) is 0. The van der Waals surface area contributed by atoms with Crippen molar-refractivity contribution in [3.8, 4) is 5.75 Å². The standard InChI is InChI=1S/C26H21ClN4O2/c1-33-22-13-11-21(12-14-22)31-26-23(5-3-17-29-26)24(32)15-6-18-4-2-16-28-25(18)30-20-9-7-19(27)8-10-20/h2-17H,1H3,(H,28,30)(H,29,31). The Hall–Kier alpha value is -4.16. The minimum Gasteiger partial charge on any atom is -0.497 e. The molecule has 2 aromatic carbocycles. The normalized spacial score (nSPS) is 10.7. The Morgan fingerprint density at radius 2 is 1.45 bits per heavy atom. The number of carbonyl (C=O) groups is 1. The van der Waals surface area contributed by atoms with Crippen LogP contribution in [0.15, 0.2) is 91.3 Å². The van der Waals surface area contributed by atoms with Crippen LogP contribution in [0.2, 0.25) is 5.02 Å². The third kappa shape index (κ3) is 5.75. The van der Waals surface area contributed by atoms with Crippen LogP contribution in [-0.2, 0) is 0 Å². The van der Waals surface area contributed by atoms with E-state index in [0.29, 0.717) is 22.2 Å². The third-order valence-electron chi connectivity index (χ3n) is 4.79. The molecule has 0 bridgehead atoms. The highest BCUT2D eigenvalue weighted by molar-refractivity contribution is 6.30. The largest absolute Gasteiger partial charge is 0.497 e. The van der Waals surface area contributed by atoms with Crippen LogP contribution in [0.5, 0.6) is 5.75 Å². The summed E-state index contributed by atoms with van der Waals surface area (Å²) in [4.78, 5) is 21.7. The van der Waals surface area contributed by atoms with Crippen molar-refractivity contribution in [2.75, 3.05) is 17.7 Å². The number of carbonyl (C=O) groups excluding carboxylic acids is 1. The van der Waals surface area contributed by atoms with E-state index in [1.165, 1.54) is 6.08 Å². The zero-order chi connectivity index (χ0) is 23.0. The first-order valence-electron chi connectivity index (χ1n) is 10.2. The van der Waals surface area contributed by atoms with Crippen molar-refractivity contribution < 1.29 is 9.53 Å². The molecule has 0 aliphatic heterocycles. The van der Waals surface area contributed by atoms with Gasteiger partial charge in [-0.15, -0.1) is 0 Å². The van der Waals surface area contributed by atoms with E-state index in [-0.39, 0.29) is 5.78 Å². The number of halogens is 1. The van der Waals surface area contributed by atoms with Crippen molar-refractivity contribution in [2.24, 2.45) is 0 Å². The van der Waals surface area contributed by atoms with Crippen molar-refractivity contribution in [2.45, 2.75) is 0 Å². The summed E-state index contributed by atoms with van der Waals surface area (Å²) in [5.74, 6) is 1.68. The van der Waals surface area contributed by atoms with Gasteiger partial charge in [0.05, 0.1) is 12.7 Å². The fraction of sp³-hybridized carbons (Fsp3) is 0.0385. The zero-order valence-electron chi connectivity index (χ0n) is 17.8. The molecule has 0 spiro atoms. The average molecular weight is 457 g/mol. The van der Waals surface area contributed by atoms with Gasteiger partial charge in [0.25, 0.3) is 0 Å². The van der Waals surface area contributed by atoms with Gasteiger partial charge in [-0.2, -0.15) is 0 Å². The van der Waals surface area contributed by atoms with Gasteiger partial charge in [-0.25, -0.2) is 9.97 Å². The first kappa shape index (κ1) is 22.0. The second-order valence-electron chi connectivity index (χ2n) is 7.02. The molecule has 4 rings (SSSR count). The Balaban J connectivity index is 1.53. The number of nitrogens with one attached hydrogen (secondary N) is 2. The summed E-state index contributed by atoms with van der Waals surface area (Å²) in [5, 5.41) is 7.10. The number of hydrogen-bond acceptors (Lipinski definition) is 6. The first-order valence-corrected chi connectivity index (χ1v) is 10.6. The van der Waals surface area contributed by atoms with Crippen LogP contribution in [0, 0.1) is 0 Å². The SMILES string of the molecule is COc1ccc(Nc2ncccc2C(=O)C=Cc2cccnc2Nc2ccc(Cl)cc2)cc1. The van der Waals surface area contributed by atoms with Gasteiger partial charge in [0.2, 0.25) is 0 Å². The number of hydrogen-bond donors (Lipinski definition) is 2. The number of benzene rings is 2. The van der Waals surface area contributed by atoms with Crippen molar-refractivity contribution in [1.82, 2.24) is 9.97 Å². The summed E-state index contributed by atoms with van der Waals surface area (Å²) < 4.78 is 5.18. The van der Waals surface area contributed by atoms with E-state index in [1.807, 2.05) is 48.5 Å². The van der Waals surface area contributed by atoms with E-state index in [0.717, 1.165) is 22.7 Å². The van der Waals surface area contributed by atoms with Crippen LogP contribution in [-0.4, -0.2) is 22.9 Å². The average Bonchev–Trinajstić information content (AvgIpc) is 2.85. The predicted octanol–water partition coefficient (Wildman–Crippen LogP) is 6.52. The van der Waals surface area contributed by atoms with Gasteiger partial charge in [-0.1, -0.05) is 11.6 Å². The first-order chi connectivity index (χ1) is 16.1. The number of rotatable bonds is 8. The van der Waals surface area contributed by atoms with E-state index in [9.17, 15) is 4.79 Å². The number of methoxy groups -OCH3 is 1. The van der Waals surface area contributed by atoms with Gasteiger partial charge in [-0.3, -0.25) is 4.79 Å². The summed E-state index contributed by atoms with van der Waals surface area (Å²) in [5.41, 5.74) is 2.88. The van der Waals surface area contributed by atoms with Gasteiger partial charge >= 0.3 is 0 Å². The van der Waals surface area contributed by atoms with Crippen LogP contribution in [0.3, 0.4) is 0 Å². The lowest BCUT2D eigenvalue weighted by Gasteiger charge is -2.10. The number of ether oxygens (including phenoxy) is 1. The summed E-state index contributed by atoms with van der Waals surface area (Å²) in [6, 6.07) is 21.9. The van der Waals surface area contributed by atoms with Crippen LogP contribution in [0.25, 0.3) is 6.08 Å². The predicted molar refractivity (Wildman–Crippen MR) is 133 cm³/mol. The van der Waals surface area contributed by atoms with E-state index in [4.69, 9.17) is 16.3 Å². The zero-order valence-corrected chi connectivity index (χ0v) is 18.6. The molecule has 164 valence electrons. The fourth-order valence-corrected chi connectivity index (χ4v) is 3.22. The van der Waals surface area contributed by atoms with Crippen LogP contribution in [0.4, 0.5) is 23.0 Å². The molecule has 0 saturated heterocycles. The van der Waals surface area contributed by atoms with Crippen LogP contribution in [0.1, 0.15) is 15.9 Å². The number of ketones is 1. The van der Waals surface area contributed by atoms with Crippen molar-refractivity contribution >= 4 is 46.5 Å². The number of pyridine rings is 2. The van der Waals surface area contributed by atoms with Crippen molar-refractivity contribution in [3.05, 3.63) is 107 Å². The molecule has 0 unspecified atom stereocenters. The quantitative estimate of drug-likeness (QED) is 0.232. The Morgan fingerprint density at radius 3 is 2.15 bits per heavy atom. The molecule has 0 aliphatic rings. The summed E-state index contributed by atoms with van der Waals surface area (Å²) in [7, 11) is 1.61. The van der Waals surface area contributed by atoms with Gasteiger partial charge in [0.15, 0.2) is 5.78 Å². The van der Waals surface area contributed by atoms with E-state index >= 15 is 0 Å². The lowest BCUT2D eigenvalue weighted by atomic mass is 10.1. The molecule has 0 amide bonds. The summed E-state index contributed by atoms with van der Waals surface area (Å²) >= 11 is 5.96. The molecule has 0 saturated carbocycles. The monoisotopic (exact) mass is 456 g/mol. The van der Waals surface area contributed by atoms with E-state index in [1.54, 1.807) is 49.8 Å². The molecular formula is C26H21ClN4O2. The molecule has 2 aromatic heterocycles. The van der Waals surface area contributed by atoms with Crippen molar-refractivity contribution in [3.63, 3.8) is 0 Å². The third-order valence-corrected chi connectivity index (χ3v) is 5.04. The molecule has 7 heteroatoms. The van der Waals surface area contributed by atoms with Crippen molar-refractivity contribution in [1.29, 1.82) is 0 Å². The maximum atomic E-state index is 13.0. The Morgan fingerprint density at radius 1 is 0.848 bits per heavy atom. The number of anilines is 4. The molecule has 4 aromatic rings. The van der Waals surface area contributed by atoms with Crippen LogP contribution < -0.4 is 15.4 Å². The molecule has 0 atom stereocenters. The Labute approximate surface area is 196 Å². The smallest absolute Gasteiger partial charge is 0.189 e. The fourth-order valence-electron chi connectivity index (χ4n) is 3.10. The van der Waals surface area contributed by atoms with Gasteiger partial charge in [0, 0.05) is 34.4 Å². The molecule has 33 heavy (non-hydrogen) atoms. The van der Waals surface area contributed by atoms with Crippen LogP contribution >= 0.6 is 11.6 Å². The highest BCUT2D eigenvalue weighted by Crippen LogP contribution is 2.24. The highest BCUT2D eigenvalue weighted by Gasteiger charge is 2.11. The number of aromatic nitrogens is 2. The lowest BCUT2D eigenvalue weighted by molar-refractivity contribution is 0.104. The molecule has 6 nitrogen and oxygen atoms in total. The second kappa shape index (κ2) is 10.4. The van der Waals surface area contributed by atoms with Gasteiger partial charge in [-0.05, 0) is 84.9 Å². The maximum absolute atomic E-state index is 13.0. The molecular weight excluding hydrogens is 436 g/mol. The maximum Gasteiger partial charge on any atom is 0.189 e. The topological polar surface area (TPSA) is 76.1 Å². The molecule has 0 aliphatic carbocycles. The Kier molecular flexibility index (Phi) is 6.97. The molecule has 2 N–H and O–H groups in total. The van der Waals surface area contributed by atoms with E-state index in [2.05, 4.69) is 20.6 Å². The lowest BCUT2D eigenvalue weighted by Crippen LogP contribution is -2.03. The highest BCUT2D eigenvalue weighted by atomic mass is 35.5. The second-order valence-corrected chi connectivity index (χ2v) is 7.46. The van der Waals surface area contributed by atoms with E-state index < -0.39 is 0 Å². The van der Waals surface area contributed by atoms with Gasteiger partial charge in [0.1, 0.15) is 17.4 Å². The van der Waals surface area contributed by atoms with Gasteiger partial charge < -0.3 is 15.4 Å². The minimum atomic E-state index is -0.180. The molecule has 2 heterocycles. The number of nitrogens with zero attached hydrogens (tertiary/aromatic N) is 2.